The van der Waals surface area contributed by atoms with Gasteiger partial charge in [0.2, 0.25) is 0 Å². The van der Waals surface area contributed by atoms with Crippen molar-refractivity contribution in [3.8, 4) is 0 Å². The van der Waals surface area contributed by atoms with Crippen molar-refractivity contribution in [2.24, 2.45) is 0 Å². The summed E-state index contributed by atoms with van der Waals surface area (Å²) in [5.74, 6) is -2.14. The number of aliphatic hydroxyl groups is 1. The van der Waals surface area contributed by atoms with E-state index >= 15 is 0 Å². The zero-order valence-corrected chi connectivity index (χ0v) is 11.3. The first-order valence-corrected chi connectivity index (χ1v) is 6.05. The number of nitrogens with one attached hydrogen (secondary N) is 1. The van der Waals surface area contributed by atoms with Crippen molar-refractivity contribution >= 4 is 17.7 Å². The van der Waals surface area contributed by atoms with Crippen LogP contribution in [-0.2, 0) is 0 Å². The van der Waals surface area contributed by atoms with Crippen LogP contribution in [0.1, 0.15) is 23.7 Å². The third kappa shape index (κ3) is 4.20. The Morgan fingerprint density at radius 1 is 1.45 bits per heavy atom. The molecule has 0 aliphatic rings. The molecule has 0 aromatic heterocycles. The van der Waals surface area contributed by atoms with Gasteiger partial charge in [-0.15, -0.1) is 0 Å². The van der Waals surface area contributed by atoms with Crippen LogP contribution in [0.15, 0.2) is 18.2 Å². The predicted molar refractivity (Wildman–Crippen MR) is 71.3 cm³/mol. The Morgan fingerprint density at radius 3 is 2.65 bits per heavy atom. The second-order valence-corrected chi connectivity index (χ2v) is 4.46. The molecule has 0 spiro atoms. The fourth-order valence-corrected chi connectivity index (χ4v) is 1.51. The molecular weight excluding hydrogens is 267 g/mol. The standard InChI is InChI=1S/C13H17FN2O4/c1-8(17)6-7-16(2)13(20)15-11-9(12(18)19)4-3-5-10(11)14/h3-5,8,17H,6-7H2,1-2H3,(H,15,20)(H,18,19). The van der Waals surface area contributed by atoms with Gasteiger partial charge in [0.1, 0.15) is 5.82 Å². The van der Waals surface area contributed by atoms with Crippen molar-refractivity contribution in [2.45, 2.75) is 19.4 Å². The quantitative estimate of drug-likeness (QED) is 0.768. The number of aromatic carboxylic acids is 1. The lowest BCUT2D eigenvalue weighted by Crippen LogP contribution is -2.34. The fraction of sp³-hybridized carbons (Fsp3) is 0.385. The van der Waals surface area contributed by atoms with Crippen molar-refractivity contribution in [2.75, 3.05) is 18.9 Å². The molecule has 0 fully saturated rings. The minimum Gasteiger partial charge on any atom is -0.478 e. The smallest absolute Gasteiger partial charge is 0.337 e. The fourth-order valence-electron chi connectivity index (χ4n) is 1.51. The van der Waals surface area contributed by atoms with Crippen LogP contribution < -0.4 is 5.32 Å². The van der Waals surface area contributed by atoms with Crippen molar-refractivity contribution in [3.05, 3.63) is 29.6 Å². The number of hydrogen-bond donors (Lipinski definition) is 3. The zero-order chi connectivity index (χ0) is 15.3. The molecular formula is C13H17FN2O4. The number of benzene rings is 1. The maximum atomic E-state index is 13.6. The van der Waals surface area contributed by atoms with Crippen molar-refractivity contribution < 1.29 is 24.2 Å². The Morgan fingerprint density at radius 2 is 2.10 bits per heavy atom. The van der Waals surface area contributed by atoms with Gasteiger partial charge in [-0.1, -0.05) is 6.07 Å². The molecule has 0 saturated heterocycles. The van der Waals surface area contributed by atoms with Gasteiger partial charge in [0.05, 0.1) is 17.4 Å². The van der Waals surface area contributed by atoms with Crippen LogP contribution in [0, 0.1) is 5.82 Å². The Hall–Kier alpha value is -2.15. The normalized spacial score (nSPS) is 11.8. The largest absolute Gasteiger partial charge is 0.478 e. The SMILES string of the molecule is CC(O)CCN(C)C(=O)Nc1c(F)cccc1C(=O)O. The molecule has 0 aliphatic heterocycles. The summed E-state index contributed by atoms with van der Waals surface area (Å²) >= 11 is 0. The summed E-state index contributed by atoms with van der Waals surface area (Å²) in [5, 5.41) is 20.3. The number of amides is 2. The van der Waals surface area contributed by atoms with Gasteiger partial charge in [0.25, 0.3) is 0 Å². The third-order valence-electron chi connectivity index (χ3n) is 2.70. The number of anilines is 1. The number of urea groups is 1. The summed E-state index contributed by atoms with van der Waals surface area (Å²) in [7, 11) is 1.47. The van der Waals surface area contributed by atoms with Gasteiger partial charge in [-0.25, -0.2) is 14.0 Å². The second kappa shape index (κ2) is 6.85. The van der Waals surface area contributed by atoms with Gasteiger partial charge < -0.3 is 20.4 Å². The summed E-state index contributed by atoms with van der Waals surface area (Å²) in [6, 6.07) is 2.89. The van der Waals surface area contributed by atoms with Gasteiger partial charge in [0, 0.05) is 13.6 Å². The number of rotatable bonds is 5. The molecule has 1 rings (SSSR count). The summed E-state index contributed by atoms with van der Waals surface area (Å²) in [4.78, 5) is 24.0. The minimum atomic E-state index is -1.33. The van der Waals surface area contributed by atoms with E-state index in [1.807, 2.05) is 0 Å². The molecule has 0 saturated carbocycles. The molecule has 0 bridgehead atoms. The molecule has 20 heavy (non-hydrogen) atoms. The number of carbonyl (C=O) groups is 2. The number of halogens is 1. The molecule has 0 heterocycles. The number of carboxylic acid groups (broad SMARTS) is 1. The topological polar surface area (TPSA) is 89.9 Å². The van der Waals surface area contributed by atoms with E-state index in [0.717, 1.165) is 6.07 Å². The molecule has 1 aromatic rings. The van der Waals surface area contributed by atoms with Crippen LogP contribution in [0.25, 0.3) is 0 Å². The van der Waals surface area contributed by atoms with E-state index in [2.05, 4.69) is 5.32 Å². The van der Waals surface area contributed by atoms with E-state index < -0.39 is 23.9 Å². The molecule has 1 aromatic carbocycles. The lowest BCUT2D eigenvalue weighted by molar-refractivity contribution is 0.0697. The van der Waals surface area contributed by atoms with Gasteiger partial charge in [0.15, 0.2) is 0 Å². The van der Waals surface area contributed by atoms with E-state index in [1.165, 1.54) is 24.1 Å². The number of para-hydroxylation sites is 1. The van der Waals surface area contributed by atoms with E-state index in [4.69, 9.17) is 10.2 Å². The van der Waals surface area contributed by atoms with Gasteiger partial charge >= 0.3 is 12.0 Å². The highest BCUT2D eigenvalue weighted by molar-refractivity contribution is 6.00. The summed E-state index contributed by atoms with van der Waals surface area (Å²) in [6.07, 6.45) is -0.194. The molecule has 0 radical (unpaired) electrons. The van der Waals surface area contributed by atoms with Crippen molar-refractivity contribution in [1.82, 2.24) is 4.90 Å². The Labute approximate surface area is 115 Å². The number of nitrogens with zero attached hydrogens (tertiary/aromatic N) is 1. The third-order valence-corrected chi connectivity index (χ3v) is 2.70. The summed E-state index contributed by atoms with van der Waals surface area (Å²) in [5.41, 5.74) is -0.684. The van der Waals surface area contributed by atoms with Crippen LogP contribution in [0.4, 0.5) is 14.9 Å². The Balaban J connectivity index is 2.82. The highest BCUT2D eigenvalue weighted by atomic mass is 19.1. The lowest BCUT2D eigenvalue weighted by atomic mass is 10.1. The molecule has 7 heteroatoms. The maximum Gasteiger partial charge on any atom is 0.337 e. The molecule has 3 N–H and O–H groups in total. The van der Waals surface area contributed by atoms with Crippen molar-refractivity contribution in [1.29, 1.82) is 0 Å². The van der Waals surface area contributed by atoms with E-state index in [1.54, 1.807) is 6.92 Å². The molecule has 6 nitrogen and oxygen atoms in total. The second-order valence-electron chi connectivity index (χ2n) is 4.46. The first kappa shape index (κ1) is 15.9. The van der Waals surface area contributed by atoms with E-state index in [9.17, 15) is 14.0 Å². The molecule has 110 valence electrons. The highest BCUT2D eigenvalue weighted by Crippen LogP contribution is 2.20. The lowest BCUT2D eigenvalue weighted by Gasteiger charge is -2.19. The summed E-state index contributed by atoms with van der Waals surface area (Å²) < 4.78 is 13.6. The van der Waals surface area contributed by atoms with Crippen LogP contribution >= 0.6 is 0 Å². The average molecular weight is 284 g/mol. The van der Waals surface area contributed by atoms with Crippen LogP contribution in [0.2, 0.25) is 0 Å². The van der Waals surface area contributed by atoms with E-state index in [-0.39, 0.29) is 17.8 Å². The Bertz CT molecular complexity index is 505. The van der Waals surface area contributed by atoms with Gasteiger partial charge in [-0.05, 0) is 25.5 Å². The summed E-state index contributed by atoms with van der Waals surface area (Å²) in [6.45, 7) is 1.85. The Kier molecular flexibility index (Phi) is 5.45. The molecule has 1 atom stereocenters. The maximum absolute atomic E-state index is 13.6. The van der Waals surface area contributed by atoms with Crippen LogP contribution in [0.3, 0.4) is 0 Å². The zero-order valence-electron chi connectivity index (χ0n) is 11.3. The number of aliphatic hydroxyl groups excluding tert-OH is 1. The number of carbonyl (C=O) groups excluding carboxylic acids is 1. The first-order chi connectivity index (χ1) is 9.32. The average Bonchev–Trinajstić information content (AvgIpc) is 2.37. The first-order valence-electron chi connectivity index (χ1n) is 6.05. The minimum absolute atomic E-state index is 0.264. The van der Waals surface area contributed by atoms with E-state index in [0.29, 0.717) is 6.42 Å². The number of carboxylic acids is 1. The molecule has 0 aliphatic carbocycles. The molecule has 1 unspecified atom stereocenters. The van der Waals surface area contributed by atoms with Gasteiger partial charge in [-0.3, -0.25) is 0 Å². The van der Waals surface area contributed by atoms with Crippen molar-refractivity contribution in [3.63, 3.8) is 0 Å². The predicted octanol–water partition coefficient (Wildman–Crippen LogP) is 1.76. The van der Waals surface area contributed by atoms with Crippen LogP contribution in [-0.4, -0.2) is 46.8 Å². The molecule has 2 amide bonds. The number of hydrogen-bond acceptors (Lipinski definition) is 3. The van der Waals surface area contributed by atoms with Gasteiger partial charge in [-0.2, -0.15) is 0 Å². The monoisotopic (exact) mass is 284 g/mol. The van der Waals surface area contributed by atoms with Crippen LogP contribution in [0.5, 0.6) is 0 Å². The highest BCUT2D eigenvalue weighted by Gasteiger charge is 2.18.